The fourth-order valence-electron chi connectivity index (χ4n) is 5.22. The molecule has 0 heterocycles. The molecule has 0 amide bonds. The van der Waals surface area contributed by atoms with Crippen molar-refractivity contribution in [1.82, 2.24) is 0 Å². The smallest absolute Gasteiger partial charge is 0.200 e. The van der Waals surface area contributed by atoms with Crippen molar-refractivity contribution in [2.45, 2.75) is 84.0 Å². The summed E-state index contributed by atoms with van der Waals surface area (Å²) in [7, 11) is 0. The van der Waals surface area contributed by atoms with E-state index < -0.39 is 11.6 Å². The highest BCUT2D eigenvalue weighted by Gasteiger charge is 2.29. The van der Waals surface area contributed by atoms with E-state index in [-0.39, 0.29) is 23.4 Å². The van der Waals surface area contributed by atoms with E-state index in [4.69, 9.17) is 4.74 Å². The van der Waals surface area contributed by atoms with Gasteiger partial charge in [0.15, 0.2) is 11.6 Å². The van der Waals surface area contributed by atoms with Crippen molar-refractivity contribution in [1.29, 1.82) is 0 Å². The second kappa shape index (κ2) is 10.5. The molecule has 2 aliphatic carbocycles. The Bertz CT molecular complexity index is 684. The number of ether oxygens (including phenoxy) is 1. The zero-order chi connectivity index (χ0) is 20.8. The van der Waals surface area contributed by atoms with Crippen LogP contribution in [0.5, 0.6) is 5.75 Å². The van der Waals surface area contributed by atoms with Crippen molar-refractivity contribution < 1.29 is 17.9 Å². The molecule has 2 saturated carbocycles. The Kier molecular flexibility index (Phi) is 8.08. The van der Waals surface area contributed by atoms with Gasteiger partial charge < -0.3 is 4.74 Å². The van der Waals surface area contributed by atoms with Gasteiger partial charge in [0.25, 0.3) is 0 Å². The first-order valence-corrected chi connectivity index (χ1v) is 11.5. The number of rotatable bonds is 7. The molecule has 0 saturated heterocycles. The summed E-state index contributed by atoms with van der Waals surface area (Å²) in [6, 6.07) is 3.15. The van der Waals surface area contributed by atoms with Crippen LogP contribution in [0.2, 0.25) is 0 Å². The molecular formula is C25H35F3O. The van der Waals surface area contributed by atoms with Crippen molar-refractivity contribution in [3.63, 3.8) is 0 Å². The summed E-state index contributed by atoms with van der Waals surface area (Å²) in [5.74, 6) is -0.628. The van der Waals surface area contributed by atoms with Gasteiger partial charge in [-0.15, -0.1) is 0 Å². The molecule has 0 aromatic heterocycles. The fourth-order valence-corrected chi connectivity index (χ4v) is 5.22. The fraction of sp³-hybridized carbons (Fsp3) is 0.680. The third kappa shape index (κ3) is 5.58. The summed E-state index contributed by atoms with van der Waals surface area (Å²) in [6.45, 7) is 4.27. The summed E-state index contributed by atoms with van der Waals surface area (Å²) < 4.78 is 48.6. The van der Waals surface area contributed by atoms with Crippen LogP contribution in [-0.4, -0.2) is 6.61 Å². The summed E-state index contributed by atoms with van der Waals surface area (Å²) in [4.78, 5) is 0. The Morgan fingerprint density at radius 3 is 2.28 bits per heavy atom. The molecule has 1 nitrogen and oxygen atoms in total. The Morgan fingerprint density at radius 2 is 1.66 bits per heavy atom. The lowest BCUT2D eigenvalue weighted by atomic mass is 9.76. The number of hydrogen-bond acceptors (Lipinski definition) is 1. The van der Waals surface area contributed by atoms with Crippen LogP contribution in [0.1, 0.15) is 89.5 Å². The van der Waals surface area contributed by atoms with Gasteiger partial charge in [-0.1, -0.05) is 25.8 Å². The molecule has 0 atom stereocenters. The standard InChI is InChI=1S/C25H35F3O/c1-3-5-17-6-8-18(9-7-17)16-22(26)20-12-10-19(11-13-20)21-14-15-23(29-4-2)25(28)24(21)27/h14-20H,3-13H2,1-2H3. The minimum absolute atomic E-state index is 0.0285. The first-order valence-electron chi connectivity index (χ1n) is 11.5. The van der Waals surface area contributed by atoms with Gasteiger partial charge >= 0.3 is 0 Å². The quantitative estimate of drug-likeness (QED) is 0.443. The van der Waals surface area contributed by atoms with E-state index in [1.54, 1.807) is 13.0 Å². The molecule has 162 valence electrons. The summed E-state index contributed by atoms with van der Waals surface area (Å²) in [5.41, 5.74) is 0.406. The molecule has 0 unspecified atom stereocenters. The molecule has 0 bridgehead atoms. The molecule has 1 aromatic carbocycles. The van der Waals surface area contributed by atoms with Crippen molar-refractivity contribution in [3.8, 4) is 5.75 Å². The van der Waals surface area contributed by atoms with Crippen molar-refractivity contribution in [3.05, 3.63) is 41.2 Å². The predicted octanol–water partition coefficient (Wildman–Crippen LogP) is 8.10. The van der Waals surface area contributed by atoms with E-state index in [0.29, 0.717) is 43.8 Å². The first-order chi connectivity index (χ1) is 14.0. The Balaban J connectivity index is 1.54. The zero-order valence-electron chi connectivity index (χ0n) is 17.9. The number of hydrogen-bond donors (Lipinski definition) is 0. The number of benzene rings is 1. The second-order valence-electron chi connectivity index (χ2n) is 8.88. The normalized spacial score (nSPS) is 28.4. The molecule has 2 fully saturated rings. The van der Waals surface area contributed by atoms with Gasteiger partial charge in [0.05, 0.1) is 12.4 Å². The van der Waals surface area contributed by atoms with Gasteiger partial charge in [-0.05, 0) is 93.7 Å². The van der Waals surface area contributed by atoms with Crippen LogP contribution in [0, 0.1) is 29.4 Å². The molecule has 0 N–H and O–H groups in total. The van der Waals surface area contributed by atoms with Crippen LogP contribution in [0.15, 0.2) is 24.0 Å². The lowest BCUT2D eigenvalue weighted by Gasteiger charge is -2.30. The van der Waals surface area contributed by atoms with E-state index in [1.165, 1.54) is 31.7 Å². The summed E-state index contributed by atoms with van der Waals surface area (Å²) in [5, 5.41) is 0. The van der Waals surface area contributed by atoms with Crippen LogP contribution in [0.3, 0.4) is 0 Å². The summed E-state index contributed by atoms with van der Waals surface area (Å²) in [6.07, 6.45) is 11.8. The molecule has 0 spiro atoms. The van der Waals surface area contributed by atoms with E-state index >= 15 is 0 Å². The lowest BCUT2D eigenvalue weighted by Crippen LogP contribution is -2.17. The van der Waals surface area contributed by atoms with Gasteiger partial charge in [-0.25, -0.2) is 8.78 Å². The van der Waals surface area contributed by atoms with Gasteiger partial charge in [-0.3, -0.25) is 0 Å². The van der Waals surface area contributed by atoms with Gasteiger partial charge in [0.2, 0.25) is 5.82 Å². The maximum absolute atomic E-state index is 14.8. The summed E-state index contributed by atoms with van der Waals surface area (Å²) >= 11 is 0. The predicted molar refractivity (Wildman–Crippen MR) is 112 cm³/mol. The third-order valence-corrected chi connectivity index (χ3v) is 6.92. The Hall–Kier alpha value is -1.45. The van der Waals surface area contributed by atoms with Gasteiger partial charge in [0.1, 0.15) is 0 Å². The Morgan fingerprint density at radius 1 is 0.966 bits per heavy atom. The highest BCUT2D eigenvalue weighted by molar-refractivity contribution is 5.33. The minimum atomic E-state index is -0.906. The molecule has 4 heteroatoms. The molecule has 3 rings (SSSR count). The van der Waals surface area contributed by atoms with Crippen molar-refractivity contribution in [2.24, 2.45) is 17.8 Å². The molecule has 2 aliphatic rings. The van der Waals surface area contributed by atoms with Crippen LogP contribution < -0.4 is 4.74 Å². The van der Waals surface area contributed by atoms with Gasteiger partial charge in [-0.2, -0.15) is 4.39 Å². The van der Waals surface area contributed by atoms with Gasteiger partial charge in [0, 0.05) is 5.92 Å². The number of halogens is 3. The topological polar surface area (TPSA) is 9.23 Å². The van der Waals surface area contributed by atoms with Crippen LogP contribution in [-0.2, 0) is 0 Å². The van der Waals surface area contributed by atoms with E-state index in [9.17, 15) is 13.2 Å². The van der Waals surface area contributed by atoms with E-state index in [1.807, 2.05) is 6.08 Å². The molecule has 0 aliphatic heterocycles. The maximum atomic E-state index is 14.8. The maximum Gasteiger partial charge on any atom is 0.200 e. The zero-order valence-corrected chi connectivity index (χ0v) is 17.9. The monoisotopic (exact) mass is 408 g/mol. The van der Waals surface area contributed by atoms with Crippen molar-refractivity contribution >= 4 is 0 Å². The Labute approximate surface area is 173 Å². The second-order valence-corrected chi connectivity index (χ2v) is 8.88. The van der Waals surface area contributed by atoms with Crippen LogP contribution in [0.4, 0.5) is 13.2 Å². The molecule has 0 radical (unpaired) electrons. The first kappa shape index (κ1) is 22.2. The van der Waals surface area contributed by atoms with Crippen LogP contribution in [0.25, 0.3) is 0 Å². The van der Waals surface area contributed by atoms with Crippen LogP contribution >= 0.6 is 0 Å². The minimum Gasteiger partial charge on any atom is -0.491 e. The van der Waals surface area contributed by atoms with E-state index in [0.717, 1.165) is 18.8 Å². The highest BCUT2D eigenvalue weighted by Crippen LogP contribution is 2.42. The lowest BCUT2D eigenvalue weighted by molar-refractivity contribution is 0.280. The van der Waals surface area contributed by atoms with E-state index in [2.05, 4.69) is 6.92 Å². The third-order valence-electron chi connectivity index (χ3n) is 6.92. The molecular weight excluding hydrogens is 373 g/mol. The number of allylic oxidation sites excluding steroid dienone is 2. The largest absolute Gasteiger partial charge is 0.491 e. The highest BCUT2D eigenvalue weighted by atomic mass is 19.2. The average Bonchev–Trinajstić information content (AvgIpc) is 2.73. The molecule has 1 aromatic rings. The van der Waals surface area contributed by atoms with Crippen molar-refractivity contribution in [2.75, 3.05) is 6.61 Å². The SMILES string of the molecule is CCCC1CCC(C=C(F)C2CCC(c3ccc(OCC)c(F)c3F)CC2)CC1. The molecule has 29 heavy (non-hydrogen) atoms. The average molecular weight is 409 g/mol.